The Balaban J connectivity index is 2.17. The summed E-state index contributed by atoms with van der Waals surface area (Å²) in [6.07, 6.45) is 0. The van der Waals surface area contributed by atoms with Crippen LogP contribution >= 0.6 is 23.4 Å². The molecule has 1 aromatic carbocycles. The maximum Gasteiger partial charge on any atom is 0.321 e. The fourth-order valence-corrected chi connectivity index (χ4v) is 3.12. The van der Waals surface area contributed by atoms with E-state index >= 15 is 0 Å². The van der Waals surface area contributed by atoms with Gasteiger partial charge in [-0.1, -0.05) is 17.7 Å². The van der Waals surface area contributed by atoms with Gasteiger partial charge in [0.05, 0.1) is 5.37 Å². The molecule has 1 heterocycles. The third-order valence-electron chi connectivity index (χ3n) is 2.33. The molecule has 0 amide bonds. The van der Waals surface area contributed by atoms with Crippen molar-refractivity contribution in [3.8, 4) is 0 Å². The summed E-state index contributed by atoms with van der Waals surface area (Å²) in [7, 11) is 0. The largest absolute Gasteiger partial charge is 0.480 e. The van der Waals surface area contributed by atoms with Crippen molar-refractivity contribution in [3.05, 3.63) is 34.6 Å². The van der Waals surface area contributed by atoms with Crippen molar-refractivity contribution < 1.29 is 14.3 Å². The number of carbonyl (C=O) groups is 1. The first-order chi connectivity index (χ1) is 7.58. The van der Waals surface area contributed by atoms with E-state index in [1.807, 2.05) is 0 Å². The van der Waals surface area contributed by atoms with E-state index in [4.69, 9.17) is 16.7 Å². The van der Waals surface area contributed by atoms with Crippen LogP contribution in [0.4, 0.5) is 4.39 Å². The Bertz CT molecular complexity index is 429. The normalized spacial score (nSPS) is 24.6. The first-order valence-electron chi connectivity index (χ1n) is 4.63. The number of thioether (sulfide) groups is 1. The molecule has 0 aliphatic carbocycles. The van der Waals surface area contributed by atoms with Gasteiger partial charge < -0.3 is 5.11 Å². The number of hydrogen-bond donors (Lipinski definition) is 2. The number of halogens is 2. The summed E-state index contributed by atoms with van der Waals surface area (Å²) in [4.78, 5) is 10.7. The van der Waals surface area contributed by atoms with Gasteiger partial charge in [-0.3, -0.25) is 10.1 Å². The minimum absolute atomic E-state index is 0.186. The van der Waals surface area contributed by atoms with Crippen LogP contribution in [0.1, 0.15) is 10.9 Å². The van der Waals surface area contributed by atoms with Crippen LogP contribution in [0.2, 0.25) is 5.02 Å². The molecule has 0 bridgehead atoms. The van der Waals surface area contributed by atoms with Crippen LogP contribution in [0, 0.1) is 5.82 Å². The Morgan fingerprint density at radius 1 is 1.62 bits per heavy atom. The first-order valence-corrected chi connectivity index (χ1v) is 6.06. The van der Waals surface area contributed by atoms with Crippen LogP contribution in [0.15, 0.2) is 18.2 Å². The van der Waals surface area contributed by atoms with Gasteiger partial charge in [0.25, 0.3) is 0 Å². The summed E-state index contributed by atoms with van der Waals surface area (Å²) in [6.45, 7) is 0. The van der Waals surface area contributed by atoms with Crippen LogP contribution in [-0.4, -0.2) is 22.9 Å². The van der Waals surface area contributed by atoms with Crippen LogP contribution in [0.25, 0.3) is 0 Å². The molecule has 1 aromatic rings. The standard InChI is InChI=1S/C10H9ClFNO2S/c11-7-3-5(12)1-2-6(7)9-13-8(4-16-9)10(14)15/h1-3,8-9,13H,4H2,(H,14,15)/t8-,9?/m0/s1. The molecule has 16 heavy (non-hydrogen) atoms. The van der Waals surface area contributed by atoms with E-state index in [2.05, 4.69) is 5.32 Å². The SMILES string of the molecule is O=C(O)[C@@H]1CSC(c2ccc(F)cc2Cl)N1. The van der Waals surface area contributed by atoms with Gasteiger partial charge in [-0.15, -0.1) is 11.8 Å². The number of aliphatic carboxylic acids is 1. The van der Waals surface area contributed by atoms with Gasteiger partial charge in [0.2, 0.25) is 0 Å². The number of carboxylic acid groups (broad SMARTS) is 1. The van der Waals surface area contributed by atoms with Crippen LogP contribution in [-0.2, 0) is 4.79 Å². The topological polar surface area (TPSA) is 49.3 Å². The first kappa shape index (κ1) is 11.7. The maximum atomic E-state index is 12.8. The molecule has 86 valence electrons. The zero-order chi connectivity index (χ0) is 11.7. The third-order valence-corrected chi connectivity index (χ3v) is 3.90. The molecule has 1 unspecified atom stereocenters. The van der Waals surface area contributed by atoms with Gasteiger partial charge >= 0.3 is 5.97 Å². The lowest BCUT2D eigenvalue weighted by atomic mass is 10.2. The van der Waals surface area contributed by atoms with Crippen LogP contribution in [0.5, 0.6) is 0 Å². The second-order valence-electron chi connectivity index (χ2n) is 3.44. The van der Waals surface area contributed by atoms with Crippen molar-refractivity contribution in [2.75, 3.05) is 5.75 Å². The van der Waals surface area contributed by atoms with Crippen molar-refractivity contribution in [1.82, 2.24) is 5.32 Å². The monoisotopic (exact) mass is 261 g/mol. The van der Waals surface area contributed by atoms with E-state index < -0.39 is 17.8 Å². The van der Waals surface area contributed by atoms with E-state index in [9.17, 15) is 9.18 Å². The molecule has 2 atom stereocenters. The summed E-state index contributed by atoms with van der Waals surface area (Å²) in [6, 6.07) is 3.55. The molecule has 0 spiro atoms. The van der Waals surface area contributed by atoms with Gasteiger partial charge in [0.1, 0.15) is 11.9 Å². The molecule has 1 saturated heterocycles. The van der Waals surface area contributed by atoms with Gasteiger partial charge in [0, 0.05) is 10.8 Å². The summed E-state index contributed by atoms with van der Waals surface area (Å²) >= 11 is 7.35. The van der Waals surface area contributed by atoms with Crippen molar-refractivity contribution in [1.29, 1.82) is 0 Å². The number of hydrogen-bond acceptors (Lipinski definition) is 3. The van der Waals surface area contributed by atoms with Gasteiger partial charge in [-0.05, 0) is 17.7 Å². The number of carboxylic acids is 1. The third kappa shape index (κ3) is 2.31. The summed E-state index contributed by atoms with van der Waals surface area (Å²) < 4.78 is 12.8. The lowest BCUT2D eigenvalue weighted by Crippen LogP contribution is -2.33. The van der Waals surface area contributed by atoms with Crippen LogP contribution in [0.3, 0.4) is 0 Å². The van der Waals surface area contributed by atoms with Gasteiger partial charge in [0.15, 0.2) is 0 Å². The second-order valence-corrected chi connectivity index (χ2v) is 4.98. The Morgan fingerprint density at radius 2 is 2.38 bits per heavy atom. The molecule has 2 rings (SSSR count). The zero-order valence-electron chi connectivity index (χ0n) is 8.11. The highest BCUT2D eigenvalue weighted by Gasteiger charge is 2.31. The van der Waals surface area contributed by atoms with Crippen LogP contribution < -0.4 is 5.32 Å². The molecule has 3 nitrogen and oxygen atoms in total. The predicted molar refractivity (Wildman–Crippen MR) is 61.2 cm³/mol. The Morgan fingerprint density at radius 3 is 2.94 bits per heavy atom. The summed E-state index contributed by atoms with van der Waals surface area (Å²) in [5.41, 5.74) is 0.719. The average Bonchev–Trinajstić information content (AvgIpc) is 2.66. The van der Waals surface area contributed by atoms with Gasteiger partial charge in [-0.25, -0.2) is 4.39 Å². The lowest BCUT2D eigenvalue weighted by molar-refractivity contribution is -0.138. The fraction of sp³-hybridized carbons (Fsp3) is 0.300. The zero-order valence-corrected chi connectivity index (χ0v) is 9.69. The van der Waals surface area contributed by atoms with Crippen molar-refractivity contribution in [2.24, 2.45) is 0 Å². The molecule has 1 aliphatic heterocycles. The Labute approximate surface area is 101 Å². The van der Waals surface area contributed by atoms with Gasteiger partial charge in [-0.2, -0.15) is 0 Å². The minimum Gasteiger partial charge on any atom is -0.480 e. The van der Waals surface area contributed by atoms with E-state index in [0.29, 0.717) is 10.8 Å². The van der Waals surface area contributed by atoms with E-state index in [1.54, 1.807) is 6.07 Å². The molecular formula is C10H9ClFNO2S. The fourth-order valence-electron chi connectivity index (χ4n) is 1.51. The molecule has 2 N–H and O–H groups in total. The molecule has 6 heteroatoms. The predicted octanol–water partition coefficient (Wildman–Crippen LogP) is 2.27. The molecule has 1 aliphatic rings. The smallest absolute Gasteiger partial charge is 0.321 e. The molecule has 0 aromatic heterocycles. The highest BCUT2D eigenvalue weighted by molar-refractivity contribution is 7.99. The quantitative estimate of drug-likeness (QED) is 0.858. The molecule has 1 fully saturated rings. The van der Waals surface area contributed by atoms with E-state index in [1.165, 1.54) is 23.9 Å². The van der Waals surface area contributed by atoms with E-state index in [0.717, 1.165) is 5.56 Å². The summed E-state index contributed by atoms with van der Waals surface area (Å²) in [5, 5.41) is 11.9. The molecule has 0 radical (unpaired) electrons. The molecular weight excluding hydrogens is 253 g/mol. The summed E-state index contributed by atoms with van der Waals surface area (Å²) in [5.74, 6) is -0.798. The molecule has 0 saturated carbocycles. The maximum absolute atomic E-state index is 12.8. The minimum atomic E-state index is -0.881. The lowest BCUT2D eigenvalue weighted by Gasteiger charge is -2.12. The Hall–Kier alpha value is -0.780. The average molecular weight is 262 g/mol. The number of nitrogens with one attached hydrogen (secondary N) is 1. The number of rotatable bonds is 2. The van der Waals surface area contributed by atoms with Crippen molar-refractivity contribution >= 4 is 29.3 Å². The van der Waals surface area contributed by atoms with E-state index in [-0.39, 0.29) is 5.37 Å². The number of benzene rings is 1. The highest BCUT2D eigenvalue weighted by atomic mass is 35.5. The van der Waals surface area contributed by atoms with Crippen molar-refractivity contribution in [3.63, 3.8) is 0 Å². The second kappa shape index (κ2) is 4.61. The Kier molecular flexibility index (Phi) is 3.37. The highest BCUT2D eigenvalue weighted by Crippen LogP contribution is 2.36. The van der Waals surface area contributed by atoms with Crippen molar-refractivity contribution in [2.45, 2.75) is 11.4 Å².